The number of nitrogens with one attached hydrogen (secondary N) is 2. The molecule has 0 atom stereocenters. The summed E-state index contributed by atoms with van der Waals surface area (Å²) < 4.78 is 1.69. The fourth-order valence-electron chi connectivity index (χ4n) is 3.13. The van der Waals surface area contributed by atoms with Crippen molar-refractivity contribution in [1.82, 2.24) is 14.9 Å². The molecule has 0 aliphatic heterocycles. The Morgan fingerprint density at radius 2 is 1.70 bits per heavy atom. The van der Waals surface area contributed by atoms with Gasteiger partial charge in [-0.15, -0.1) is 11.3 Å². The number of nitrogens with zero attached hydrogens (tertiary/aromatic N) is 1. The first-order valence-corrected chi connectivity index (χ1v) is 10.6. The van der Waals surface area contributed by atoms with Crippen LogP contribution in [-0.2, 0) is 13.0 Å². The minimum absolute atomic E-state index is 0.139. The molecule has 2 aromatic heterocycles. The number of aromatic nitrogens is 2. The number of hydrogen-bond donors (Lipinski definition) is 2. The first-order valence-electron chi connectivity index (χ1n) is 9.33. The summed E-state index contributed by atoms with van der Waals surface area (Å²) in [5.74, 6) is -0.175. The van der Waals surface area contributed by atoms with Gasteiger partial charge in [0.2, 0.25) is 0 Å². The summed E-state index contributed by atoms with van der Waals surface area (Å²) in [5.41, 5.74) is 2.16. The third kappa shape index (κ3) is 4.37. The number of halogens is 1. The molecule has 2 aromatic carbocycles. The number of amides is 1. The molecule has 0 fully saturated rings. The minimum atomic E-state index is -0.449. The van der Waals surface area contributed by atoms with Gasteiger partial charge in [0.15, 0.2) is 0 Å². The van der Waals surface area contributed by atoms with E-state index in [2.05, 4.69) is 10.3 Å². The Morgan fingerprint density at radius 3 is 2.43 bits per heavy atom. The second kappa shape index (κ2) is 8.69. The Kier molecular flexibility index (Phi) is 5.83. The van der Waals surface area contributed by atoms with Crippen LogP contribution in [0.25, 0.3) is 10.2 Å². The number of thiophene rings is 1. The molecule has 0 radical (unpaired) electrons. The zero-order valence-electron chi connectivity index (χ0n) is 15.9. The van der Waals surface area contributed by atoms with E-state index < -0.39 is 5.69 Å². The van der Waals surface area contributed by atoms with Crippen molar-refractivity contribution in [2.75, 3.05) is 6.54 Å². The highest BCUT2D eigenvalue weighted by Crippen LogP contribution is 2.13. The van der Waals surface area contributed by atoms with Crippen molar-refractivity contribution >= 4 is 39.1 Å². The predicted molar refractivity (Wildman–Crippen MR) is 120 cm³/mol. The van der Waals surface area contributed by atoms with Crippen LogP contribution in [0.4, 0.5) is 0 Å². The fraction of sp³-hybridized carbons (Fsp3) is 0.136. The zero-order chi connectivity index (χ0) is 21.1. The maximum Gasteiger partial charge on any atom is 0.329 e. The van der Waals surface area contributed by atoms with E-state index in [0.29, 0.717) is 33.8 Å². The van der Waals surface area contributed by atoms with Crippen molar-refractivity contribution in [2.24, 2.45) is 0 Å². The molecule has 2 N–H and O–H groups in total. The van der Waals surface area contributed by atoms with E-state index in [0.717, 1.165) is 11.1 Å². The first kappa shape index (κ1) is 20.1. The molecule has 0 unspecified atom stereocenters. The van der Waals surface area contributed by atoms with Crippen molar-refractivity contribution in [3.63, 3.8) is 0 Å². The van der Waals surface area contributed by atoms with Gasteiger partial charge >= 0.3 is 5.69 Å². The second-order valence-electron chi connectivity index (χ2n) is 6.81. The molecule has 0 spiro atoms. The van der Waals surface area contributed by atoms with Gasteiger partial charge in [-0.25, -0.2) is 4.79 Å². The van der Waals surface area contributed by atoms with Crippen LogP contribution in [0.1, 0.15) is 21.5 Å². The molecular weight excluding hydrogens is 422 g/mol. The number of hydrogen-bond acceptors (Lipinski definition) is 4. The molecule has 1 amide bonds. The summed E-state index contributed by atoms with van der Waals surface area (Å²) in [6.07, 6.45) is 0.706. The summed E-state index contributed by atoms with van der Waals surface area (Å²) in [7, 11) is 0. The normalized spacial score (nSPS) is 11.0. The van der Waals surface area contributed by atoms with Gasteiger partial charge in [-0.2, -0.15) is 0 Å². The number of fused-ring (bicyclic) bond motifs is 1. The van der Waals surface area contributed by atoms with Crippen molar-refractivity contribution in [1.29, 1.82) is 0 Å². The molecule has 8 heteroatoms. The van der Waals surface area contributed by atoms with Gasteiger partial charge < -0.3 is 10.3 Å². The Hall–Kier alpha value is -3.16. The molecule has 2 heterocycles. The zero-order valence-corrected chi connectivity index (χ0v) is 17.4. The largest absolute Gasteiger partial charge is 0.352 e. The lowest BCUT2D eigenvalue weighted by Gasteiger charge is -2.08. The summed E-state index contributed by atoms with van der Waals surface area (Å²) in [6, 6.07) is 16.1. The molecule has 0 saturated carbocycles. The topological polar surface area (TPSA) is 84.0 Å². The lowest BCUT2D eigenvalue weighted by atomic mass is 10.1. The van der Waals surface area contributed by atoms with Crippen LogP contribution >= 0.6 is 22.9 Å². The summed E-state index contributed by atoms with van der Waals surface area (Å²) in [4.78, 5) is 39.8. The third-order valence-corrected chi connectivity index (χ3v) is 5.92. The molecular formula is C22H18ClN3O3S. The third-order valence-electron chi connectivity index (χ3n) is 4.76. The number of H-pyrrole nitrogens is 1. The van der Waals surface area contributed by atoms with Crippen molar-refractivity contribution in [3.05, 3.63) is 103 Å². The number of carbonyl (C=O) groups excluding carboxylic acids is 1. The summed E-state index contributed by atoms with van der Waals surface area (Å²) in [6.45, 7) is 0.647. The van der Waals surface area contributed by atoms with Gasteiger partial charge in [-0.1, -0.05) is 35.9 Å². The van der Waals surface area contributed by atoms with Gasteiger partial charge in [-0.3, -0.25) is 14.2 Å². The maximum atomic E-state index is 12.5. The molecule has 0 aliphatic rings. The van der Waals surface area contributed by atoms with E-state index >= 15 is 0 Å². The number of rotatable bonds is 6. The van der Waals surface area contributed by atoms with Crippen LogP contribution in [-0.4, -0.2) is 22.0 Å². The molecule has 0 saturated heterocycles. The van der Waals surface area contributed by atoms with Crippen LogP contribution in [0.5, 0.6) is 0 Å². The van der Waals surface area contributed by atoms with Crippen LogP contribution in [0.3, 0.4) is 0 Å². The Bertz CT molecular complexity index is 1300. The smallest absolute Gasteiger partial charge is 0.329 e. The van der Waals surface area contributed by atoms with Crippen LogP contribution in [0.2, 0.25) is 5.02 Å². The Morgan fingerprint density at radius 1 is 1.00 bits per heavy atom. The molecule has 4 aromatic rings. The predicted octanol–water partition coefficient (Wildman–Crippen LogP) is 3.43. The average Bonchev–Trinajstić information content (AvgIpc) is 3.21. The van der Waals surface area contributed by atoms with E-state index in [4.69, 9.17) is 11.6 Å². The number of aromatic amines is 1. The van der Waals surface area contributed by atoms with Crippen LogP contribution in [0.15, 0.2) is 69.6 Å². The van der Waals surface area contributed by atoms with Gasteiger partial charge in [0.05, 0.1) is 12.1 Å². The van der Waals surface area contributed by atoms with E-state index in [1.54, 1.807) is 35.7 Å². The monoisotopic (exact) mass is 439 g/mol. The second-order valence-corrected chi connectivity index (χ2v) is 8.17. The highest BCUT2D eigenvalue weighted by molar-refractivity contribution is 7.17. The Labute approximate surface area is 180 Å². The molecule has 6 nitrogen and oxygen atoms in total. The minimum Gasteiger partial charge on any atom is -0.352 e. The standard InChI is InChI=1S/C22H18ClN3O3S/c23-17-7-3-14(4-8-17)9-11-24-20(27)16-5-1-15(2-6-16)13-26-21(28)19-18(10-12-30-19)25-22(26)29/h1-8,10,12H,9,11,13H2,(H,24,27)(H,25,29). The van der Waals surface area contributed by atoms with Crippen molar-refractivity contribution in [3.8, 4) is 0 Å². The van der Waals surface area contributed by atoms with E-state index in [1.807, 2.05) is 24.3 Å². The van der Waals surface area contributed by atoms with E-state index in [9.17, 15) is 14.4 Å². The van der Waals surface area contributed by atoms with Crippen molar-refractivity contribution in [2.45, 2.75) is 13.0 Å². The van der Waals surface area contributed by atoms with Crippen LogP contribution < -0.4 is 16.6 Å². The average molecular weight is 440 g/mol. The summed E-state index contributed by atoms with van der Waals surface area (Å²) in [5, 5.41) is 5.34. The Balaban J connectivity index is 1.40. The first-order chi connectivity index (χ1) is 14.5. The highest BCUT2D eigenvalue weighted by atomic mass is 35.5. The summed E-state index contributed by atoms with van der Waals surface area (Å²) >= 11 is 7.17. The SMILES string of the molecule is O=C(NCCc1ccc(Cl)cc1)c1ccc(Cn2c(=O)[nH]c3ccsc3c2=O)cc1. The fourth-order valence-corrected chi connectivity index (χ4v) is 4.06. The lowest BCUT2D eigenvalue weighted by Crippen LogP contribution is -2.34. The molecule has 4 rings (SSSR count). The van der Waals surface area contributed by atoms with Crippen molar-refractivity contribution < 1.29 is 4.79 Å². The maximum absolute atomic E-state index is 12.5. The van der Waals surface area contributed by atoms with E-state index in [-0.39, 0.29) is 18.0 Å². The quantitative estimate of drug-likeness (QED) is 0.482. The van der Waals surface area contributed by atoms with Gasteiger partial charge in [0, 0.05) is 17.1 Å². The molecule has 152 valence electrons. The number of benzene rings is 2. The van der Waals surface area contributed by atoms with Gasteiger partial charge in [0.25, 0.3) is 11.5 Å². The van der Waals surface area contributed by atoms with E-state index in [1.165, 1.54) is 15.9 Å². The van der Waals surface area contributed by atoms with Gasteiger partial charge in [-0.05, 0) is 53.3 Å². The lowest BCUT2D eigenvalue weighted by molar-refractivity contribution is 0.0954. The van der Waals surface area contributed by atoms with Crippen LogP contribution in [0, 0.1) is 0 Å². The van der Waals surface area contributed by atoms with Gasteiger partial charge in [0.1, 0.15) is 4.70 Å². The number of carbonyl (C=O) groups is 1. The molecule has 0 bridgehead atoms. The highest BCUT2D eigenvalue weighted by Gasteiger charge is 2.10. The molecule has 0 aliphatic carbocycles. The molecule has 30 heavy (non-hydrogen) atoms.